The second kappa shape index (κ2) is 8.25. The Bertz CT molecular complexity index is 470. The first-order chi connectivity index (χ1) is 10.7. The molecule has 0 spiro atoms. The minimum absolute atomic E-state index is 0.0145. The van der Waals surface area contributed by atoms with Crippen LogP contribution in [0.1, 0.15) is 31.7 Å². The van der Waals surface area contributed by atoms with Gasteiger partial charge in [0.15, 0.2) is 0 Å². The van der Waals surface area contributed by atoms with E-state index in [4.69, 9.17) is 4.74 Å². The van der Waals surface area contributed by atoms with Gasteiger partial charge in [-0.3, -0.25) is 4.79 Å². The van der Waals surface area contributed by atoms with E-state index >= 15 is 0 Å². The van der Waals surface area contributed by atoms with Crippen LogP contribution < -0.4 is 10.6 Å². The molecule has 0 atom stereocenters. The summed E-state index contributed by atoms with van der Waals surface area (Å²) in [5.41, 5.74) is 0.271. The topological polar surface area (TPSA) is 50.4 Å². The van der Waals surface area contributed by atoms with Crippen LogP contribution in [0.2, 0.25) is 0 Å². The first-order valence-corrected chi connectivity index (χ1v) is 8.02. The van der Waals surface area contributed by atoms with Crippen LogP contribution in [0.25, 0.3) is 0 Å². The maximum absolute atomic E-state index is 13.2. The largest absolute Gasteiger partial charge is 0.381 e. The van der Waals surface area contributed by atoms with Gasteiger partial charge in [-0.15, -0.1) is 0 Å². The molecule has 1 aliphatic rings. The fourth-order valence-electron chi connectivity index (χ4n) is 2.87. The number of amides is 1. The summed E-state index contributed by atoms with van der Waals surface area (Å²) in [5.74, 6) is -0.268. The minimum atomic E-state index is -0.600. The monoisotopic (exact) mass is 308 g/mol. The van der Waals surface area contributed by atoms with Gasteiger partial charge < -0.3 is 15.4 Å². The van der Waals surface area contributed by atoms with Crippen molar-refractivity contribution in [3.63, 3.8) is 0 Å². The van der Waals surface area contributed by atoms with Crippen molar-refractivity contribution >= 4 is 5.91 Å². The molecular weight excluding hydrogens is 283 g/mol. The van der Waals surface area contributed by atoms with Crippen LogP contribution >= 0.6 is 0 Å². The third-order valence-corrected chi connectivity index (χ3v) is 4.19. The number of benzene rings is 1. The molecule has 1 aromatic rings. The van der Waals surface area contributed by atoms with Crippen molar-refractivity contribution in [2.75, 3.05) is 32.8 Å². The summed E-state index contributed by atoms with van der Waals surface area (Å²) in [6, 6.07) is 6.27. The van der Waals surface area contributed by atoms with Gasteiger partial charge in [-0.1, -0.05) is 19.1 Å². The molecule has 1 aromatic carbocycles. The zero-order chi connectivity index (χ0) is 15.8. The van der Waals surface area contributed by atoms with Gasteiger partial charge >= 0.3 is 0 Å². The Balaban J connectivity index is 2.05. The fourth-order valence-corrected chi connectivity index (χ4v) is 2.87. The Kier molecular flexibility index (Phi) is 6.34. The van der Waals surface area contributed by atoms with E-state index in [-0.39, 0.29) is 11.7 Å². The molecule has 1 saturated heterocycles. The van der Waals surface area contributed by atoms with E-state index in [9.17, 15) is 9.18 Å². The lowest BCUT2D eigenvalue weighted by Crippen LogP contribution is -2.49. The Morgan fingerprint density at radius 2 is 1.86 bits per heavy atom. The van der Waals surface area contributed by atoms with E-state index in [0.717, 1.165) is 25.1 Å². The molecule has 0 saturated carbocycles. The first-order valence-electron chi connectivity index (χ1n) is 8.02. The van der Waals surface area contributed by atoms with Gasteiger partial charge in [-0.25, -0.2) is 4.39 Å². The van der Waals surface area contributed by atoms with Crippen LogP contribution in [0.4, 0.5) is 4.39 Å². The van der Waals surface area contributed by atoms with Gasteiger partial charge in [-0.05, 0) is 43.5 Å². The van der Waals surface area contributed by atoms with Crippen molar-refractivity contribution in [3.8, 4) is 0 Å². The number of rotatable bonds is 7. The molecule has 1 amide bonds. The molecule has 0 aromatic heterocycles. The molecule has 5 heteroatoms. The van der Waals surface area contributed by atoms with Gasteiger partial charge in [0.1, 0.15) is 5.82 Å². The Hall–Kier alpha value is -1.46. The highest BCUT2D eigenvalue weighted by Gasteiger charge is 2.41. The zero-order valence-corrected chi connectivity index (χ0v) is 13.2. The highest BCUT2D eigenvalue weighted by Crippen LogP contribution is 2.35. The maximum Gasteiger partial charge on any atom is 0.230 e. The third-order valence-electron chi connectivity index (χ3n) is 4.19. The van der Waals surface area contributed by atoms with Gasteiger partial charge in [0, 0.05) is 26.3 Å². The Morgan fingerprint density at radius 3 is 2.50 bits per heavy atom. The Labute approximate surface area is 131 Å². The molecule has 122 valence electrons. The van der Waals surface area contributed by atoms with Crippen molar-refractivity contribution in [1.82, 2.24) is 10.6 Å². The molecule has 1 aliphatic heterocycles. The summed E-state index contributed by atoms with van der Waals surface area (Å²) in [4.78, 5) is 12.7. The van der Waals surface area contributed by atoms with E-state index in [0.29, 0.717) is 32.6 Å². The number of hydrogen-bond donors (Lipinski definition) is 2. The molecule has 2 rings (SSSR count). The maximum atomic E-state index is 13.2. The number of carbonyl (C=O) groups is 1. The number of hydrogen-bond acceptors (Lipinski definition) is 3. The van der Waals surface area contributed by atoms with Crippen LogP contribution in [0.5, 0.6) is 0 Å². The van der Waals surface area contributed by atoms with Crippen molar-refractivity contribution in [1.29, 1.82) is 0 Å². The van der Waals surface area contributed by atoms with Gasteiger partial charge in [0.05, 0.1) is 5.41 Å². The van der Waals surface area contributed by atoms with E-state index in [1.165, 1.54) is 12.1 Å². The quantitative estimate of drug-likeness (QED) is 0.758. The fraction of sp³-hybridized carbons (Fsp3) is 0.588. The molecule has 1 fully saturated rings. The van der Waals surface area contributed by atoms with Crippen molar-refractivity contribution in [3.05, 3.63) is 35.6 Å². The molecule has 4 nitrogen and oxygen atoms in total. The van der Waals surface area contributed by atoms with Crippen LogP contribution in [0.3, 0.4) is 0 Å². The first kappa shape index (κ1) is 16.9. The lowest BCUT2D eigenvalue weighted by molar-refractivity contribution is -0.130. The summed E-state index contributed by atoms with van der Waals surface area (Å²) in [7, 11) is 0. The van der Waals surface area contributed by atoms with Crippen molar-refractivity contribution in [2.45, 2.75) is 31.6 Å². The summed E-state index contributed by atoms with van der Waals surface area (Å²) in [5, 5.41) is 6.28. The molecule has 0 bridgehead atoms. The standard InChI is InChI=1S/C17H25FN2O2/c1-2-9-19-10-11-20-16(21)17(7-12-22-13-8-17)14-3-5-15(18)6-4-14/h3-6,19H,2,7-13H2,1H3,(H,20,21). The smallest absolute Gasteiger partial charge is 0.230 e. The highest BCUT2D eigenvalue weighted by molar-refractivity contribution is 5.88. The van der Waals surface area contributed by atoms with Crippen LogP contribution in [0.15, 0.2) is 24.3 Å². The third kappa shape index (κ3) is 4.05. The predicted octanol–water partition coefficient (Wildman–Crippen LogP) is 1.99. The van der Waals surface area contributed by atoms with Gasteiger partial charge in [0.25, 0.3) is 0 Å². The summed E-state index contributed by atoms with van der Waals surface area (Å²) >= 11 is 0. The predicted molar refractivity (Wildman–Crippen MR) is 84.3 cm³/mol. The molecule has 22 heavy (non-hydrogen) atoms. The van der Waals surface area contributed by atoms with Gasteiger partial charge in [0.2, 0.25) is 5.91 Å². The zero-order valence-electron chi connectivity index (χ0n) is 13.2. The molecule has 0 radical (unpaired) electrons. The second-order valence-corrected chi connectivity index (χ2v) is 5.71. The van der Waals surface area contributed by atoms with Crippen LogP contribution in [-0.2, 0) is 14.9 Å². The number of ether oxygens (including phenoxy) is 1. The van der Waals surface area contributed by atoms with Crippen molar-refractivity contribution in [2.24, 2.45) is 0 Å². The lowest BCUT2D eigenvalue weighted by Gasteiger charge is -2.36. The van der Waals surface area contributed by atoms with Crippen LogP contribution in [0, 0.1) is 5.82 Å². The van der Waals surface area contributed by atoms with Gasteiger partial charge in [-0.2, -0.15) is 0 Å². The average molecular weight is 308 g/mol. The summed E-state index contributed by atoms with van der Waals surface area (Å²) < 4.78 is 18.6. The Morgan fingerprint density at radius 1 is 1.18 bits per heavy atom. The van der Waals surface area contributed by atoms with E-state index < -0.39 is 5.41 Å². The SMILES string of the molecule is CCCNCCNC(=O)C1(c2ccc(F)cc2)CCOCC1. The lowest BCUT2D eigenvalue weighted by atomic mass is 9.73. The summed E-state index contributed by atoms with van der Waals surface area (Å²) in [6.45, 7) is 5.53. The minimum Gasteiger partial charge on any atom is -0.381 e. The summed E-state index contributed by atoms with van der Waals surface area (Å²) in [6.07, 6.45) is 2.34. The van der Waals surface area contributed by atoms with E-state index in [1.807, 2.05) is 0 Å². The normalized spacial score (nSPS) is 17.2. The molecular formula is C17H25FN2O2. The van der Waals surface area contributed by atoms with Crippen LogP contribution in [-0.4, -0.2) is 38.8 Å². The van der Waals surface area contributed by atoms with E-state index in [1.54, 1.807) is 12.1 Å². The number of halogens is 1. The average Bonchev–Trinajstić information content (AvgIpc) is 2.55. The molecule has 1 heterocycles. The molecule has 0 unspecified atom stereocenters. The highest BCUT2D eigenvalue weighted by atomic mass is 19.1. The second-order valence-electron chi connectivity index (χ2n) is 5.71. The van der Waals surface area contributed by atoms with Crippen molar-refractivity contribution < 1.29 is 13.9 Å². The number of nitrogens with one attached hydrogen (secondary N) is 2. The molecule has 2 N–H and O–H groups in total. The number of carbonyl (C=O) groups excluding carboxylic acids is 1. The molecule has 0 aliphatic carbocycles. The van der Waals surface area contributed by atoms with E-state index in [2.05, 4.69) is 17.6 Å².